The average Bonchev–Trinajstić information content (AvgIpc) is 2.75. The molecule has 0 radical (unpaired) electrons. The number of nitrogens with one attached hydrogen (secondary N) is 1. The van der Waals surface area contributed by atoms with Gasteiger partial charge >= 0.3 is 0 Å². The van der Waals surface area contributed by atoms with E-state index in [1.807, 2.05) is 17.9 Å². The van der Waals surface area contributed by atoms with Gasteiger partial charge in [-0.1, -0.05) is 0 Å². The summed E-state index contributed by atoms with van der Waals surface area (Å²) in [5, 5.41) is 8.40. The molecule has 5 nitrogen and oxygen atoms in total. The van der Waals surface area contributed by atoms with Gasteiger partial charge in [0.2, 0.25) is 0 Å². The number of piperazine rings is 1. The quantitative estimate of drug-likeness (QED) is 0.830. The first-order valence-electron chi connectivity index (χ1n) is 6.80. The van der Waals surface area contributed by atoms with Crippen LogP contribution >= 0.6 is 12.2 Å². The van der Waals surface area contributed by atoms with Crippen molar-refractivity contribution in [2.75, 3.05) is 26.2 Å². The van der Waals surface area contributed by atoms with Crippen LogP contribution in [0.1, 0.15) is 19.4 Å². The average molecular weight is 281 g/mol. The molecule has 6 heteroatoms. The molecule has 0 aliphatic carbocycles. The number of aryl methyl sites for hydroxylation is 1. The maximum atomic E-state index is 5.40. The van der Waals surface area contributed by atoms with Crippen LogP contribution in [0.4, 0.5) is 0 Å². The summed E-state index contributed by atoms with van der Waals surface area (Å²) in [6.45, 7) is 9.31. The molecule has 1 aliphatic heterocycles. The number of hydrogen-bond donors (Lipinski definition) is 1. The van der Waals surface area contributed by atoms with Crippen molar-refractivity contribution >= 4 is 17.3 Å². The van der Waals surface area contributed by atoms with Gasteiger partial charge in [0, 0.05) is 57.6 Å². The summed E-state index contributed by atoms with van der Waals surface area (Å²) in [6, 6.07) is 0.404. The highest BCUT2D eigenvalue weighted by Gasteiger charge is 2.19. The van der Waals surface area contributed by atoms with Gasteiger partial charge in [-0.05, 0) is 26.1 Å². The molecule has 1 aromatic rings. The maximum Gasteiger partial charge on any atom is 0.169 e. The number of nitrogens with zero attached hydrogens (tertiary/aromatic N) is 4. The predicted molar refractivity (Wildman–Crippen MR) is 80.9 cm³/mol. The van der Waals surface area contributed by atoms with E-state index < -0.39 is 0 Å². The molecular formula is C13H23N5S. The van der Waals surface area contributed by atoms with Crippen LogP contribution in [-0.4, -0.2) is 56.9 Å². The maximum absolute atomic E-state index is 5.40. The molecule has 0 spiro atoms. The van der Waals surface area contributed by atoms with Gasteiger partial charge in [-0.3, -0.25) is 9.58 Å². The monoisotopic (exact) mass is 281 g/mol. The Morgan fingerprint density at radius 2 is 2.05 bits per heavy atom. The summed E-state index contributed by atoms with van der Waals surface area (Å²) in [5.41, 5.74) is 1.28. The minimum atomic E-state index is 0.404. The van der Waals surface area contributed by atoms with Crippen LogP contribution in [0.3, 0.4) is 0 Å². The molecule has 1 N–H and O–H groups in total. The van der Waals surface area contributed by atoms with Gasteiger partial charge in [0.25, 0.3) is 0 Å². The largest absolute Gasteiger partial charge is 0.360 e. The highest BCUT2D eigenvalue weighted by molar-refractivity contribution is 7.80. The molecule has 0 saturated carbocycles. The van der Waals surface area contributed by atoms with E-state index in [9.17, 15) is 0 Å². The molecule has 0 bridgehead atoms. The predicted octanol–water partition coefficient (Wildman–Crippen LogP) is 0.821. The lowest BCUT2D eigenvalue weighted by Gasteiger charge is -2.36. The lowest BCUT2D eigenvalue weighted by Crippen LogP contribution is -2.52. The molecule has 106 valence electrons. The Morgan fingerprint density at radius 1 is 1.37 bits per heavy atom. The second-order valence-corrected chi connectivity index (χ2v) is 5.78. The second kappa shape index (κ2) is 6.34. The van der Waals surface area contributed by atoms with Crippen LogP contribution in [0.15, 0.2) is 12.4 Å². The van der Waals surface area contributed by atoms with Gasteiger partial charge in [0.15, 0.2) is 5.11 Å². The van der Waals surface area contributed by atoms with Gasteiger partial charge in [-0.2, -0.15) is 5.10 Å². The van der Waals surface area contributed by atoms with Crippen molar-refractivity contribution in [3.63, 3.8) is 0 Å². The molecule has 0 aromatic carbocycles. The summed E-state index contributed by atoms with van der Waals surface area (Å²) in [6.07, 6.45) is 4.02. The zero-order chi connectivity index (χ0) is 13.8. The van der Waals surface area contributed by atoms with Gasteiger partial charge in [0.1, 0.15) is 0 Å². The van der Waals surface area contributed by atoms with Crippen LogP contribution in [-0.2, 0) is 13.6 Å². The lowest BCUT2D eigenvalue weighted by molar-refractivity contribution is 0.174. The third-order valence-electron chi connectivity index (χ3n) is 3.24. The normalized spacial score (nSPS) is 16.9. The topological polar surface area (TPSA) is 36.3 Å². The van der Waals surface area contributed by atoms with Crippen LogP contribution in [0.25, 0.3) is 0 Å². The van der Waals surface area contributed by atoms with Crippen molar-refractivity contribution in [2.24, 2.45) is 7.05 Å². The van der Waals surface area contributed by atoms with E-state index in [4.69, 9.17) is 12.2 Å². The fraction of sp³-hybridized carbons (Fsp3) is 0.692. The Kier molecular flexibility index (Phi) is 4.76. The summed E-state index contributed by atoms with van der Waals surface area (Å²) >= 11 is 5.40. The number of rotatable bonds is 3. The molecule has 19 heavy (non-hydrogen) atoms. The van der Waals surface area contributed by atoms with E-state index in [0.717, 1.165) is 37.8 Å². The zero-order valence-corrected chi connectivity index (χ0v) is 12.8. The molecule has 2 rings (SSSR count). The van der Waals surface area contributed by atoms with E-state index in [2.05, 4.69) is 40.3 Å². The highest BCUT2D eigenvalue weighted by atomic mass is 32.1. The minimum Gasteiger partial charge on any atom is -0.360 e. The lowest BCUT2D eigenvalue weighted by atomic mass is 10.2. The second-order valence-electron chi connectivity index (χ2n) is 5.39. The first-order valence-corrected chi connectivity index (χ1v) is 7.21. The van der Waals surface area contributed by atoms with E-state index in [1.54, 1.807) is 0 Å². The van der Waals surface area contributed by atoms with Crippen LogP contribution in [0.2, 0.25) is 0 Å². The van der Waals surface area contributed by atoms with E-state index in [1.165, 1.54) is 5.56 Å². The number of thiocarbonyl (C=S) groups is 1. The smallest absolute Gasteiger partial charge is 0.169 e. The number of aromatic nitrogens is 2. The molecule has 0 atom stereocenters. The first-order chi connectivity index (χ1) is 9.04. The van der Waals surface area contributed by atoms with Crippen molar-refractivity contribution in [3.8, 4) is 0 Å². The molecule has 1 fully saturated rings. The SMILES string of the molecule is CC(C)NC(=S)N1CCN(Cc2cnn(C)c2)CC1. The first kappa shape index (κ1) is 14.3. The van der Waals surface area contributed by atoms with E-state index in [-0.39, 0.29) is 0 Å². The van der Waals surface area contributed by atoms with Crippen molar-refractivity contribution in [1.29, 1.82) is 0 Å². The third-order valence-corrected chi connectivity index (χ3v) is 3.61. The Labute approximate surface area is 120 Å². The Morgan fingerprint density at radius 3 is 2.58 bits per heavy atom. The Hall–Kier alpha value is -1.14. The van der Waals surface area contributed by atoms with Gasteiger partial charge < -0.3 is 10.2 Å². The van der Waals surface area contributed by atoms with Crippen molar-refractivity contribution in [1.82, 2.24) is 24.9 Å². The summed E-state index contributed by atoms with van der Waals surface area (Å²) < 4.78 is 1.85. The summed E-state index contributed by atoms with van der Waals surface area (Å²) in [4.78, 5) is 4.71. The van der Waals surface area contributed by atoms with Crippen LogP contribution in [0, 0.1) is 0 Å². The highest BCUT2D eigenvalue weighted by Crippen LogP contribution is 2.08. The fourth-order valence-corrected chi connectivity index (χ4v) is 2.68. The minimum absolute atomic E-state index is 0.404. The van der Waals surface area contributed by atoms with Gasteiger partial charge in [-0.15, -0.1) is 0 Å². The molecule has 1 saturated heterocycles. The molecule has 1 aliphatic rings. The van der Waals surface area contributed by atoms with Crippen LogP contribution in [0.5, 0.6) is 0 Å². The summed E-state index contributed by atoms with van der Waals surface area (Å²) in [5.74, 6) is 0. The van der Waals surface area contributed by atoms with Crippen LogP contribution < -0.4 is 5.32 Å². The van der Waals surface area contributed by atoms with Crippen molar-refractivity contribution in [3.05, 3.63) is 18.0 Å². The van der Waals surface area contributed by atoms with E-state index in [0.29, 0.717) is 6.04 Å². The fourth-order valence-electron chi connectivity index (χ4n) is 2.26. The van der Waals surface area contributed by atoms with Crippen molar-refractivity contribution < 1.29 is 0 Å². The van der Waals surface area contributed by atoms with E-state index >= 15 is 0 Å². The zero-order valence-electron chi connectivity index (χ0n) is 12.0. The van der Waals surface area contributed by atoms with Gasteiger partial charge in [-0.25, -0.2) is 0 Å². The molecular weight excluding hydrogens is 258 g/mol. The molecule has 2 heterocycles. The molecule has 1 aromatic heterocycles. The van der Waals surface area contributed by atoms with Gasteiger partial charge in [0.05, 0.1) is 6.20 Å². The Balaban J connectivity index is 1.77. The molecule has 0 unspecified atom stereocenters. The third kappa shape index (κ3) is 4.18. The molecule has 0 amide bonds. The number of hydrogen-bond acceptors (Lipinski definition) is 3. The summed E-state index contributed by atoms with van der Waals surface area (Å²) in [7, 11) is 1.96. The Bertz CT molecular complexity index is 420. The van der Waals surface area contributed by atoms with Crippen molar-refractivity contribution in [2.45, 2.75) is 26.4 Å². The standard InChI is InChI=1S/C13H23N5S/c1-11(2)15-13(19)18-6-4-17(5-7-18)10-12-8-14-16(3)9-12/h8-9,11H,4-7,10H2,1-3H3,(H,15,19).